The molecular weight excluding hydrogens is 246 g/mol. The van der Waals surface area contributed by atoms with Gasteiger partial charge in [0.15, 0.2) is 0 Å². The van der Waals surface area contributed by atoms with Gasteiger partial charge in [-0.3, -0.25) is 4.99 Å². The summed E-state index contributed by atoms with van der Waals surface area (Å²) in [5.74, 6) is 0. The fourth-order valence-corrected chi connectivity index (χ4v) is 3.15. The van der Waals surface area contributed by atoms with Crippen molar-refractivity contribution < 1.29 is 0 Å². The van der Waals surface area contributed by atoms with E-state index in [0.29, 0.717) is 0 Å². The Morgan fingerprint density at radius 2 is 2.05 bits per heavy atom. The molecule has 1 aliphatic carbocycles. The van der Waals surface area contributed by atoms with Crippen LogP contribution in [0.1, 0.15) is 18.4 Å². The van der Waals surface area contributed by atoms with E-state index in [4.69, 9.17) is 0 Å². The highest BCUT2D eigenvalue weighted by atomic mass is 15.1. The van der Waals surface area contributed by atoms with E-state index in [1.165, 1.54) is 28.1 Å². The van der Waals surface area contributed by atoms with E-state index in [1.54, 1.807) is 0 Å². The molecule has 1 heterocycles. The highest BCUT2D eigenvalue weighted by Gasteiger charge is 2.21. The van der Waals surface area contributed by atoms with Gasteiger partial charge < -0.3 is 10.2 Å². The Morgan fingerprint density at radius 1 is 1.20 bits per heavy atom. The first kappa shape index (κ1) is 13.0. The summed E-state index contributed by atoms with van der Waals surface area (Å²) in [5.41, 5.74) is 6.76. The fraction of sp³-hybridized carbons (Fsp3) is 0.353. The number of allylic oxidation sites excluding steroid dienone is 2. The van der Waals surface area contributed by atoms with E-state index < -0.39 is 0 Å². The molecule has 0 fully saturated rings. The molecule has 0 aromatic heterocycles. The molecule has 3 nitrogen and oxygen atoms in total. The lowest BCUT2D eigenvalue weighted by atomic mass is 10.2. The number of aliphatic imine (C=N–C) groups is 1. The molecule has 104 valence electrons. The van der Waals surface area contributed by atoms with Gasteiger partial charge in [-0.05, 0) is 42.0 Å². The quantitative estimate of drug-likeness (QED) is 0.853. The first-order valence-electron chi connectivity index (χ1n) is 7.22. The predicted molar refractivity (Wildman–Crippen MR) is 85.3 cm³/mol. The van der Waals surface area contributed by atoms with Crippen LogP contribution in [0.4, 0.5) is 5.69 Å². The standard InChI is InChI=1S/C17H21N3/c1-18-11-14-7-8-15(17(14)19-2)12-20-10-9-13-5-3-4-6-16(13)20/h3-6,11-12,19H,7-10H2,1-2H3/b15-12+,18-11?. The third kappa shape index (κ3) is 2.24. The topological polar surface area (TPSA) is 27.6 Å². The molecular formula is C17H21N3. The number of nitrogens with one attached hydrogen (secondary N) is 1. The average molecular weight is 267 g/mol. The first-order chi connectivity index (χ1) is 9.83. The molecule has 0 unspecified atom stereocenters. The number of fused-ring (bicyclic) bond motifs is 1. The number of para-hydroxylation sites is 1. The van der Waals surface area contributed by atoms with Crippen molar-refractivity contribution in [3.8, 4) is 0 Å². The van der Waals surface area contributed by atoms with Gasteiger partial charge in [-0.15, -0.1) is 0 Å². The van der Waals surface area contributed by atoms with E-state index in [1.807, 2.05) is 20.3 Å². The van der Waals surface area contributed by atoms with Crippen molar-refractivity contribution in [2.75, 3.05) is 25.5 Å². The second-order valence-corrected chi connectivity index (χ2v) is 5.26. The minimum atomic E-state index is 1.08. The Bertz CT molecular complexity index is 596. The lowest BCUT2D eigenvalue weighted by Gasteiger charge is -2.16. The molecule has 1 aliphatic heterocycles. The zero-order chi connectivity index (χ0) is 13.9. The zero-order valence-corrected chi connectivity index (χ0v) is 12.2. The molecule has 20 heavy (non-hydrogen) atoms. The Kier molecular flexibility index (Phi) is 3.59. The molecule has 0 radical (unpaired) electrons. The van der Waals surface area contributed by atoms with Crippen LogP contribution in [0.25, 0.3) is 0 Å². The Morgan fingerprint density at radius 3 is 2.85 bits per heavy atom. The summed E-state index contributed by atoms with van der Waals surface area (Å²) in [6.45, 7) is 1.08. The molecule has 1 aromatic carbocycles. The number of likely N-dealkylation sites (N-methyl/N-ethyl adjacent to an activating group) is 1. The number of rotatable bonds is 3. The summed E-state index contributed by atoms with van der Waals surface area (Å²) in [4.78, 5) is 6.54. The van der Waals surface area contributed by atoms with Crippen molar-refractivity contribution in [2.24, 2.45) is 4.99 Å². The molecule has 0 saturated carbocycles. The molecule has 2 aliphatic rings. The van der Waals surface area contributed by atoms with Crippen LogP contribution in [0.15, 0.2) is 52.3 Å². The van der Waals surface area contributed by atoms with Crippen LogP contribution in [0.5, 0.6) is 0 Å². The van der Waals surface area contributed by atoms with Gasteiger partial charge in [-0.25, -0.2) is 0 Å². The number of hydrogen-bond acceptors (Lipinski definition) is 3. The maximum atomic E-state index is 4.15. The molecule has 0 amide bonds. The molecule has 3 heteroatoms. The maximum Gasteiger partial charge on any atom is 0.0439 e. The van der Waals surface area contributed by atoms with Crippen LogP contribution in [0.2, 0.25) is 0 Å². The van der Waals surface area contributed by atoms with Gasteiger partial charge in [0.05, 0.1) is 0 Å². The van der Waals surface area contributed by atoms with E-state index >= 15 is 0 Å². The predicted octanol–water partition coefficient (Wildman–Crippen LogP) is 2.90. The number of hydrogen-bond donors (Lipinski definition) is 1. The molecule has 0 saturated heterocycles. The lowest BCUT2D eigenvalue weighted by Crippen LogP contribution is -2.15. The number of anilines is 1. The van der Waals surface area contributed by atoms with E-state index in [-0.39, 0.29) is 0 Å². The maximum absolute atomic E-state index is 4.15. The SMILES string of the molecule is CN=CC1=C(NC)/C(=C/N2CCc3ccccc32)CC1. The second-order valence-electron chi connectivity index (χ2n) is 5.26. The summed E-state index contributed by atoms with van der Waals surface area (Å²) in [5, 5.41) is 3.34. The highest BCUT2D eigenvalue weighted by molar-refractivity contribution is 5.82. The van der Waals surface area contributed by atoms with E-state index in [0.717, 1.165) is 25.8 Å². The fourth-order valence-electron chi connectivity index (χ4n) is 3.15. The lowest BCUT2D eigenvalue weighted by molar-refractivity contribution is 0.944. The Balaban J connectivity index is 1.91. The van der Waals surface area contributed by atoms with Crippen LogP contribution in [0, 0.1) is 0 Å². The van der Waals surface area contributed by atoms with Crippen LogP contribution in [0.3, 0.4) is 0 Å². The van der Waals surface area contributed by atoms with Crippen molar-refractivity contribution in [1.29, 1.82) is 0 Å². The third-order valence-corrected chi connectivity index (χ3v) is 4.08. The van der Waals surface area contributed by atoms with Crippen molar-refractivity contribution in [3.05, 3.63) is 52.9 Å². The smallest absolute Gasteiger partial charge is 0.0439 e. The van der Waals surface area contributed by atoms with Gasteiger partial charge in [0.25, 0.3) is 0 Å². The molecule has 0 atom stereocenters. The summed E-state index contributed by atoms with van der Waals surface area (Å²) in [6.07, 6.45) is 7.60. The van der Waals surface area contributed by atoms with Gasteiger partial charge in [0, 0.05) is 44.4 Å². The third-order valence-electron chi connectivity index (χ3n) is 4.08. The average Bonchev–Trinajstić information content (AvgIpc) is 3.05. The Hall–Kier alpha value is -2.03. The van der Waals surface area contributed by atoms with E-state index in [2.05, 4.69) is 45.7 Å². The molecule has 0 spiro atoms. The van der Waals surface area contributed by atoms with Crippen molar-refractivity contribution in [2.45, 2.75) is 19.3 Å². The minimum absolute atomic E-state index is 1.08. The zero-order valence-electron chi connectivity index (χ0n) is 12.2. The van der Waals surface area contributed by atoms with E-state index in [9.17, 15) is 0 Å². The number of nitrogens with zero attached hydrogens (tertiary/aromatic N) is 2. The summed E-state index contributed by atoms with van der Waals surface area (Å²) >= 11 is 0. The normalized spacial score (nSPS) is 20.3. The monoisotopic (exact) mass is 267 g/mol. The summed E-state index contributed by atoms with van der Waals surface area (Å²) < 4.78 is 0. The van der Waals surface area contributed by atoms with Crippen LogP contribution >= 0.6 is 0 Å². The summed E-state index contributed by atoms with van der Waals surface area (Å²) in [6, 6.07) is 8.69. The van der Waals surface area contributed by atoms with Crippen LogP contribution in [-0.2, 0) is 6.42 Å². The van der Waals surface area contributed by atoms with Gasteiger partial charge in [-0.1, -0.05) is 18.2 Å². The van der Waals surface area contributed by atoms with Gasteiger partial charge in [0.1, 0.15) is 0 Å². The van der Waals surface area contributed by atoms with Crippen LogP contribution in [-0.4, -0.2) is 26.9 Å². The highest BCUT2D eigenvalue weighted by Crippen LogP contribution is 2.33. The second kappa shape index (κ2) is 5.53. The first-order valence-corrected chi connectivity index (χ1v) is 7.22. The molecule has 0 bridgehead atoms. The van der Waals surface area contributed by atoms with Gasteiger partial charge >= 0.3 is 0 Å². The number of benzene rings is 1. The van der Waals surface area contributed by atoms with Crippen molar-refractivity contribution >= 4 is 11.9 Å². The minimum Gasteiger partial charge on any atom is -0.388 e. The van der Waals surface area contributed by atoms with Crippen LogP contribution < -0.4 is 10.2 Å². The molecule has 1 N–H and O–H groups in total. The Labute approximate surface area is 120 Å². The van der Waals surface area contributed by atoms with Crippen molar-refractivity contribution in [1.82, 2.24) is 5.32 Å². The largest absolute Gasteiger partial charge is 0.388 e. The summed E-state index contributed by atoms with van der Waals surface area (Å²) in [7, 11) is 3.83. The van der Waals surface area contributed by atoms with Gasteiger partial charge in [0.2, 0.25) is 0 Å². The van der Waals surface area contributed by atoms with Gasteiger partial charge in [-0.2, -0.15) is 0 Å². The molecule has 3 rings (SSSR count). The van der Waals surface area contributed by atoms with Crippen molar-refractivity contribution in [3.63, 3.8) is 0 Å². The molecule has 1 aromatic rings.